The molecule has 0 unspecified atom stereocenters. The molecular weight excluding hydrogens is 432 g/mol. The lowest BCUT2D eigenvalue weighted by Crippen LogP contribution is -2.45. The molecule has 2 aliphatic rings. The summed E-state index contributed by atoms with van der Waals surface area (Å²) in [4.78, 5) is 37.4. The zero-order valence-electron chi connectivity index (χ0n) is 17.2. The average molecular weight is 451 g/mol. The summed E-state index contributed by atoms with van der Waals surface area (Å²) < 4.78 is 10.9. The summed E-state index contributed by atoms with van der Waals surface area (Å²) in [6.07, 6.45) is 3.20. The van der Waals surface area contributed by atoms with Crippen molar-refractivity contribution in [2.45, 2.75) is 13.1 Å². The molecule has 0 atom stereocenters. The van der Waals surface area contributed by atoms with Crippen LogP contribution in [0.3, 0.4) is 0 Å². The van der Waals surface area contributed by atoms with E-state index >= 15 is 0 Å². The zero-order chi connectivity index (χ0) is 22.2. The zero-order valence-corrected chi connectivity index (χ0v) is 18.0. The Morgan fingerprint density at radius 2 is 2.00 bits per heavy atom. The lowest BCUT2D eigenvalue weighted by Gasteiger charge is -2.29. The SMILES string of the molecule is COc1ccc2c(c1)CN(C(=O)CN1C(=O)COc3cc(-c4cc(Cl)ccn4)cnc31)C2. The number of rotatable bonds is 4. The molecule has 0 bridgehead atoms. The number of amides is 2. The molecule has 4 heterocycles. The number of hydrogen-bond acceptors (Lipinski definition) is 6. The molecule has 0 spiro atoms. The Hall–Kier alpha value is -3.65. The highest BCUT2D eigenvalue weighted by Gasteiger charge is 2.32. The average Bonchev–Trinajstić information content (AvgIpc) is 3.24. The molecule has 2 aliphatic heterocycles. The lowest BCUT2D eigenvalue weighted by atomic mass is 10.1. The van der Waals surface area contributed by atoms with E-state index in [4.69, 9.17) is 21.1 Å². The first-order chi connectivity index (χ1) is 15.5. The van der Waals surface area contributed by atoms with Gasteiger partial charge in [-0.1, -0.05) is 17.7 Å². The highest BCUT2D eigenvalue weighted by molar-refractivity contribution is 6.30. The number of ether oxygens (including phenoxy) is 2. The Labute approximate surface area is 189 Å². The summed E-state index contributed by atoms with van der Waals surface area (Å²) in [6, 6.07) is 10.9. The number of benzene rings is 1. The van der Waals surface area contributed by atoms with Crippen LogP contribution in [0.4, 0.5) is 5.82 Å². The van der Waals surface area contributed by atoms with Crippen LogP contribution >= 0.6 is 11.6 Å². The fraction of sp³-hybridized carbons (Fsp3) is 0.217. The quantitative estimate of drug-likeness (QED) is 0.607. The van der Waals surface area contributed by atoms with Crippen molar-refractivity contribution < 1.29 is 19.1 Å². The maximum absolute atomic E-state index is 13.0. The van der Waals surface area contributed by atoms with Crippen molar-refractivity contribution in [2.24, 2.45) is 0 Å². The van der Waals surface area contributed by atoms with Gasteiger partial charge in [0, 0.05) is 36.1 Å². The molecule has 5 rings (SSSR count). The third-order valence-electron chi connectivity index (χ3n) is 5.54. The molecule has 0 radical (unpaired) electrons. The summed E-state index contributed by atoms with van der Waals surface area (Å²) in [5, 5.41) is 0.556. The number of carbonyl (C=O) groups excluding carboxylic acids is 2. The molecule has 3 aromatic rings. The molecule has 8 nitrogen and oxygen atoms in total. The smallest absolute Gasteiger partial charge is 0.266 e. The Bertz CT molecular complexity index is 1230. The first-order valence-electron chi connectivity index (χ1n) is 10.0. The minimum absolute atomic E-state index is 0.109. The van der Waals surface area contributed by atoms with Gasteiger partial charge in [0.1, 0.15) is 12.3 Å². The number of aromatic nitrogens is 2. The molecule has 1 aromatic carbocycles. The van der Waals surface area contributed by atoms with Crippen LogP contribution in [0.25, 0.3) is 11.3 Å². The molecule has 32 heavy (non-hydrogen) atoms. The van der Waals surface area contributed by atoms with E-state index in [1.54, 1.807) is 42.6 Å². The molecule has 0 saturated heterocycles. The minimum atomic E-state index is -0.314. The van der Waals surface area contributed by atoms with Crippen molar-refractivity contribution in [1.29, 1.82) is 0 Å². The van der Waals surface area contributed by atoms with Gasteiger partial charge in [-0.05, 0) is 41.5 Å². The number of nitrogens with zero attached hydrogens (tertiary/aromatic N) is 4. The minimum Gasteiger partial charge on any atom is -0.497 e. The van der Waals surface area contributed by atoms with Gasteiger partial charge in [0.2, 0.25) is 5.91 Å². The fourth-order valence-electron chi connectivity index (χ4n) is 3.86. The van der Waals surface area contributed by atoms with Gasteiger partial charge in [0.15, 0.2) is 18.2 Å². The van der Waals surface area contributed by atoms with Crippen LogP contribution in [0.5, 0.6) is 11.5 Å². The van der Waals surface area contributed by atoms with E-state index in [0.29, 0.717) is 40.9 Å². The number of carbonyl (C=O) groups is 2. The van der Waals surface area contributed by atoms with E-state index in [-0.39, 0.29) is 25.0 Å². The predicted molar refractivity (Wildman–Crippen MR) is 118 cm³/mol. The van der Waals surface area contributed by atoms with Crippen LogP contribution in [-0.2, 0) is 22.7 Å². The van der Waals surface area contributed by atoms with Crippen LogP contribution in [0.1, 0.15) is 11.1 Å². The maximum atomic E-state index is 13.0. The Morgan fingerprint density at radius 3 is 2.81 bits per heavy atom. The molecule has 0 saturated carbocycles. The van der Waals surface area contributed by atoms with Crippen molar-refractivity contribution in [2.75, 3.05) is 25.2 Å². The molecule has 162 valence electrons. The number of halogens is 1. The summed E-state index contributed by atoms with van der Waals surface area (Å²) >= 11 is 6.06. The molecule has 0 aliphatic carbocycles. The Morgan fingerprint density at radius 1 is 1.16 bits per heavy atom. The van der Waals surface area contributed by atoms with Crippen molar-refractivity contribution in [3.8, 4) is 22.8 Å². The lowest BCUT2D eigenvalue weighted by molar-refractivity contribution is -0.132. The van der Waals surface area contributed by atoms with E-state index in [1.807, 2.05) is 18.2 Å². The molecule has 0 N–H and O–H groups in total. The first kappa shape index (κ1) is 20.3. The number of methoxy groups -OCH3 is 1. The predicted octanol–water partition coefficient (Wildman–Crippen LogP) is 3.07. The van der Waals surface area contributed by atoms with E-state index in [1.165, 1.54) is 4.90 Å². The van der Waals surface area contributed by atoms with Gasteiger partial charge in [-0.15, -0.1) is 0 Å². The largest absolute Gasteiger partial charge is 0.497 e. The topological polar surface area (TPSA) is 84.9 Å². The molecule has 2 amide bonds. The van der Waals surface area contributed by atoms with E-state index < -0.39 is 0 Å². The molecular formula is C23H19ClN4O4. The third-order valence-corrected chi connectivity index (χ3v) is 5.78. The summed E-state index contributed by atoms with van der Waals surface area (Å²) in [6.45, 7) is 0.702. The van der Waals surface area contributed by atoms with Crippen LogP contribution < -0.4 is 14.4 Å². The van der Waals surface area contributed by atoms with Gasteiger partial charge >= 0.3 is 0 Å². The summed E-state index contributed by atoms with van der Waals surface area (Å²) in [5.74, 6) is 1.02. The van der Waals surface area contributed by atoms with Gasteiger partial charge in [0.05, 0.1) is 12.8 Å². The Kier molecular flexibility index (Phi) is 5.14. The molecule has 2 aromatic heterocycles. The number of fused-ring (bicyclic) bond motifs is 2. The van der Waals surface area contributed by atoms with Crippen LogP contribution in [0, 0.1) is 0 Å². The summed E-state index contributed by atoms with van der Waals surface area (Å²) in [7, 11) is 1.61. The van der Waals surface area contributed by atoms with Gasteiger partial charge in [-0.2, -0.15) is 0 Å². The van der Waals surface area contributed by atoms with Crippen molar-refractivity contribution in [3.63, 3.8) is 0 Å². The second kappa shape index (κ2) is 8.12. The van der Waals surface area contributed by atoms with E-state index in [2.05, 4.69) is 9.97 Å². The van der Waals surface area contributed by atoms with Crippen molar-refractivity contribution in [1.82, 2.24) is 14.9 Å². The van der Waals surface area contributed by atoms with Crippen LogP contribution in [0.15, 0.2) is 48.8 Å². The number of hydrogen-bond donors (Lipinski definition) is 0. The molecule has 0 fully saturated rings. The van der Waals surface area contributed by atoms with E-state index in [0.717, 1.165) is 16.9 Å². The number of pyridine rings is 2. The van der Waals surface area contributed by atoms with Gasteiger partial charge in [0.25, 0.3) is 5.91 Å². The summed E-state index contributed by atoms with van der Waals surface area (Å²) in [5.41, 5.74) is 3.46. The van der Waals surface area contributed by atoms with Crippen LogP contribution in [0.2, 0.25) is 5.02 Å². The monoisotopic (exact) mass is 450 g/mol. The second-order valence-electron chi connectivity index (χ2n) is 7.56. The highest BCUT2D eigenvalue weighted by Crippen LogP contribution is 2.34. The first-order valence-corrected chi connectivity index (χ1v) is 10.4. The number of anilines is 1. The third kappa shape index (κ3) is 3.73. The van der Waals surface area contributed by atoms with Gasteiger partial charge in [-0.25, -0.2) is 4.98 Å². The second-order valence-corrected chi connectivity index (χ2v) is 7.99. The van der Waals surface area contributed by atoms with Crippen LogP contribution in [-0.4, -0.2) is 46.9 Å². The Balaban J connectivity index is 1.36. The van der Waals surface area contributed by atoms with Gasteiger partial charge in [-0.3, -0.25) is 19.5 Å². The van der Waals surface area contributed by atoms with Gasteiger partial charge < -0.3 is 14.4 Å². The van der Waals surface area contributed by atoms with Crippen molar-refractivity contribution >= 4 is 29.2 Å². The normalized spacial score (nSPS) is 14.6. The van der Waals surface area contributed by atoms with Crippen molar-refractivity contribution in [3.05, 3.63) is 64.9 Å². The fourth-order valence-corrected chi connectivity index (χ4v) is 4.02. The van der Waals surface area contributed by atoms with E-state index in [9.17, 15) is 9.59 Å². The standard InChI is InChI=1S/C23H19ClN4O4/c1-31-18-3-2-14-10-27(11-16(14)6-18)21(29)12-28-22(30)13-32-20-7-15(9-26-23(20)28)19-8-17(24)4-5-25-19/h2-9H,10-13H2,1H3. The maximum Gasteiger partial charge on any atom is 0.266 e. The highest BCUT2D eigenvalue weighted by atomic mass is 35.5. The molecule has 9 heteroatoms.